The second kappa shape index (κ2) is 6.05. The average Bonchev–Trinajstić information content (AvgIpc) is 2.97. The molecule has 0 radical (unpaired) electrons. The summed E-state index contributed by atoms with van der Waals surface area (Å²) >= 11 is 0. The summed E-state index contributed by atoms with van der Waals surface area (Å²) in [5.41, 5.74) is 0. The summed E-state index contributed by atoms with van der Waals surface area (Å²) in [4.78, 5) is 12.3. The predicted octanol–water partition coefficient (Wildman–Crippen LogP) is 2.13. The summed E-state index contributed by atoms with van der Waals surface area (Å²) in [6.45, 7) is 1.14. The van der Waals surface area contributed by atoms with Crippen LogP contribution in [0, 0.1) is 0 Å². The van der Waals surface area contributed by atoms with Gasteiger partial charge in [0, 0.05) is 18.7 Å². The van der Waals surface area contributed by atoms with Crippen molar-refractivity contribution in [2.45, 2.75) is 32.0 Å². The molecule has 1 aliphatic carbocycles. The van der Waals surface area contributed by atoms with E-state index in [0.29, 0.717) is 0 Å². The monoisotopic (exact) mass is 251 g/mol. The van der Waals surface area contributed by atoms with Crippen LogP contribution in [0.3, 0.4) is 0 Å². The summed E-state index contributed by atoms with van der Waals surface area (Å²) in [5, 5.41) is 0. The van der Waals surface area contributed by atoms with Gasteiger partial charge < -0.3 is 4.74 Å². The van der Waals surface area contributed by atoms with Crippen LogP contribution >= 0.6 is 0 Å². The molecule has 3 nitrogen and oxygen atoms in total. The van der Waals surface area contributed by atoms with Crippen LogP contribution in [0.2, 0.25) is 0 Å². The lowest BCUT2D eigenvalue weighted by Crippen LogP contribution is -2.36. The van der Waals surface area contributed by atoms with Gasteiger partial charge in [0.15, 0.2) is 0 Å². The minimum Gasteiger partial charge on any atom is -0.463 e. The third-order valence-electron chi connectivity index (χ3n) is 2.33. The average molecular weight is 251 g/mol. The van der Waals surface area contributed by atoms with Crippen molar-refractivity contribution in [3.8, 4) is 0 Å². The van der Waals surface area contributed by atoms with Gasteiger partial charge in [0.2, 0.25) is 0 Å². The highest BCUT2D eigenvalue weighted by Gasteiger charge is 2.37. The number of carbonyl (C=O) groups excluding carboxylic acids is 1. The molecule has 1 aliphatic rings. The highest BCUT2D eigenvalue weighted by Crippen LogP contribution is 2.29. The summed E-state index contributed by atoms with van der Waals surface area (Å²) in [6, 6.07) is 0.00321. The van der Waals surface area contributed by atoms with Crippen molar-refractivity contribution in [3.05, 3.63) is 12.2 Å². The molecule has 0 aromatic carbocycles. The zero-order chi connectivity index (χ0) is 12.9. The Kier molecular flexibility index (Phi) is 4.99. The Balaban J connectivity index is 2.37. The van der Waals surface area contributed by atoms with Gasteiger partial charge in [-0.25, -0.2) is 4.79 Å². The van der Waals surface area contributed by atoms with E-state index in [4.69, 9.17) is 0 Å². The lowest BCUT2D eigenvalue weighted by atomic mass is 10.4. The van der Waals surface area contributed by atoms with Gasteiger partial charge in [-0.1, -0.05) is 6.08 Å². The van der Waals surface area contributed by atoms with E-state index in [-0.39, 0.29) is 19.2 Å². The first-order valence-corrected chi connectivity index (χ1v) is 5.56. The molecular formula is C11H16F3NO2. The van der Waals surface area contributed by atoms with E-state index >= 15 is 0 Å². The zero-order valence-electron chi connectivity index (χ0n) is 9.67. The van der Waals surface area contributed by atoms with Crippen LogP contribution < -0.4 is 0 Å². The molecule has 0 aromatic heterocycles. The maximum absolute atomic E-state index is 12.2. The van der Waals surface area contributed by atoms with E-state index in [0.717, 1.165) is 12.8 Å². The van der Waals surface area contributed by atoms with Crippen LogP contribution in [0.1, 0.15) is 19.8 Å². The van der Waals surface area contributed by atoms with Crippen LogP contribution in [0.5, 0.6) is 0 Å². The van der Waals surface area contributed by atoms with Gasteiger partial charge in [-0.15, -0.1) is 0 Å². The number of carbonyl (C=O) groups is 1. The largest absolute Gasteiger partial charge is 0.463 e. The molecule has 0 unspecified atom stereocenters. The first-order valence-electron chi connectivity index (χ1n) is 5.56. The molecular weight excluding hydrogens is 235 g/mol. The van der Waals surface area contributed by atoms with E-state index in [2.05, 4.69) is 4.74 Å². The number of hydrogen-bond donors (Lipinski definition) is 0. The number of alkyl halides is 3. The summed E-state index contributed by atoms with van der Waals surface area (Å²) in [5.74, 6) is -0.518. The number of nitrogens with zero attached hydrogens (tertiary/aromatic N) is 1. The highest BCUT2D eigenvalue weighted by molar-refractivity contribution is 5.81. The van der Waals surface area contributed by atoms with Crippen molar-refractivity contribution in [1.29, 1.82) is 0 Å². The van der Waals surface area contributed by atoms with Crippen LogP contribution in [0.25, 0.3) is 0 Å². The van der Waals surface area contributed by atoms with E-state index < -0.39 is 18.7 Å². The van der Waals surface area contributed by atoms with Crippen molar-refractivity contribution < 1.29 is 22.7 Å². The minimum atomic E-state index is -4.19. The topological polar surface area (TPSA) is 29.5 Å². The first kappa shape index (κ1) is 14.0. The van der Waals surface area contributed by atoms with Crippen LogP contribution in [0.15, 0.2) is 12.2 Å². The van der Waals surface area contributed by atoms with Gasteiger partial charge in [0.1, 0.15) is 0 Å². The third-order valence-corrected chi connectivity index (χ3v) is 2.33. The molecule has 0 atom stereocenters. The van der Waals surface area contributed by atoms with Crippen molar-refractivity contribution in [2.24, 2.45) is 0 Å². The number of ether oxygens (including phenoxy) is 1. The highest BCUT2D eigenvalue weighted by atomic mass is 19.4. The molecule has 98 valence electrons. The molecule has 0 aromatic rings. The zero-order valence-corrected chi connectivity index (χ0v) is 9.67. The van der Waals surface area contributed by atoms with Crippen molar-refractivity contribution >= 4 is 5.97 Å². The third kappa shape index (κ3) is 6.31. The lowest BCUT2D eigenvalue weighted by molar-refractivity contribution is -0.145. The molecule has 1 rings (SSSR count). The van der Waals surface area contributed by atoms with Crippen molar-refractivity contribution in [3.63, 3.8) is 0 Å². The maximum atomic E-state index is 12.2. The summed E-state index contributed by atoms with van der Waals surface area (Å²) in [6.07, 6.45) is -0.00961. The standard InChI is InChI=1S/C11H16F3NO2/c1-2-17-10(16)4-3-7-15(9-5-6-9)8-11(12,13)14/h3-4,9H,2,5-8H2,1H3/b4-3+. The molecule has 0 aliphatic heterocycles. The molecule has 0 amide bonds. The Morgan fingerprint density at radius 1 is 1.47 bits per heavy atom. The van der Waals surface area contributed by atoms with Crippen molar-refractivity contribution in [2.75, 3.05) is 19.7 Å². The van der Waals surface area contributed by atoms with Gasteiger partial charge in [0.25, 0.3) is 0 Å². The second-order valence-corrected chi connectivity index (χ2v) is 3.93. The molecule has 0 heterocycles. The molecule has 17 heavy (non-hydrogen) atoms. The minimum absolute atomic E-state index is 0.00321. The number of rotatable bonds is 6. The smallest absolute Gasteiger partial charge is 0.401 e. The van der Waals surface area contributed by atoms with Gasteiger partial charge >= 0.3 is 12.1 Å². The first-order chi connectivity index (χ1) is 7.92. The molecule has 1 saturated carbocycles. The molecule has 0 spiro atoms. The van der Waals surface area contributed by atoms with Gasteiger partial charge in [-0.05, 0) is 19.8 Å². The maximum Gasteiger partial charge on any atom is 0.401 e. The molecule has 1 fully saturated rings. The fourth-order valence-corrected chi connectivity index (χ4v) is 1.49. The van der Waals surface area contributed by atoms with Crippen molar-refractivity contribution in [1.82, 2.24) is 4.90 Å². The Morgan fingerprint density at radius 2 is 2.12 bits per heavy atom. The van der Waals surface area contributed by atoms with E-state index in [1.54, 1.807) is 6.92 Å². The number of hydrogen-bond acceptors (Lipinski definition) is 3. The Bertz CT molecular complexity index is 285. The fourth-order valence-electron chi connectivity index (χ4n) is 1.49. The fraction of sp³-hybridized carbons (Fsp3) is 0.727. The SMILES string of the molecule is CCOC(=O)/C=C/CN(CC(F)(F)F)C1CC1. The predicted molar refractivity (Wildman–Crippen MR) is 56.4 cm³/mol. The molecule has 0 N–H and O–H groups in total. The second-order valence-electron chi connectivity index (χ2n) is 3.93. The van der Waals surface area contributed by atoms with Crippen LogP contribution in [0.4, 0.5) is 13.2 Å². The summed E-state index contributed by atoms with van der Waals surface area (Å²) < 4.78 is 41.4. The molecule has 6 heteroatoms. The Hall–Kier alpha value is -1.04. The number of esters is 1. The van der Waals surface area contributed by atoms with Gasteiger partial charge in [-0.3, -0.25) is 4.90 Å². The lowest BCUT2D eigenvalue weighted by Gasteiger charge is -2.21. The van der Waals surface area contributed by atoms with Crippen LogP contribution in [-0.4, -0.2) is 42.8 Å². The number of halogens is 3. The Morgan fingerprint density at radius 3 is 2.59 bits per heavy atom. The van der Waals surface area contributed by atoms with E-state index in [9.17, 15) is 18.0 Å². The summed E-state index contributed by atoms with van der Waals surface area (Å²) in [7, 11) is 0. The van der Waals surface area contributed by atoms with E-state index in [1.807, 2.05) is 0 Å². The van der Waals surface area contributed by atoms with E-state index in [1.165, 1.54) is 17.1 Å². The van der Waals surface area contributed by atoms with Gasteiger partial charge in [0.05, 0.1) is 13.2 Å². The quantitative estimate of drug-likeness (QED) is 0.535. The molecule has 0 saturated heterocycles. The normalized spacial score (nSPS) is 16.8. The Labute approximate surface area is 98.2 Å². The molecule has 0 bridgehead atoms. The van der Waals surface area contributed by atoms with Crippen LogP contribution in [-0.2, 0) is 9.53 Å². The van der Waals surface area contributed by atoms with Gasteiger partial charge in [-0.2, -0.15) is 13.2 Å².